The van der Waals surface area contributed by atoms with E-state index in [0.29, 0.717) is 6.54 Å². The van der Waals surface area contributed by atoms with E-state index >= 15 is 0 Å². The molecule has 0 aliphatic carbocycles. The quantitative estimate of drug-likeness (QED) is 0.746. The molecule has 0 atom stereocenters. The van der Waals surface area contributed by atoms with Gasteiger partial charge in [0.25, 0.3) is 0 Å². The van der Waals surface area contributed by atoms with E-state index in [2.05, 4.69) is 33.4 Å². The zero-order chi connectivity index (χ0) is 17.2. The Hall–Kier alpha value is -2.76. The highest BCUT2D eigenvalue weighted by atomic mass is 16.5. The number of aromatic nitrogens is 3. The van der Waals surface area contributed by atoms with E-state index in [4.69, 9.17) is 14.7 Å². The number of ether oxygens (including phenoxy) is 1. The Bertz CT molecular complexity index is 865. The smallest absolute Gasteiger partial charge is 0.229 e. The van der Waals surface area contributed by atoms with Crippen molar-refractivity contribution in [2.75, 3.05) is 30.4 Å². The Labute approximate surface area is 147 Å². The highest BCUT2D eigenvalue weighted by Crippen LogP contribution is 2.26. The first kappa shape index (κ1) is 15.7. The van der Waals surface area contributed by atoms with Crippen LogP contribution in [0.2, 0.25) is 0 Å². The number of nitrogens with one attached hydrogen (secondary N) is 2. The Morgan fingerprint density at radius 2 is 1.92 bits per heavy atom. The van der Waals surface area contributed by atoms with Crippen molar-refractivity contribution in [2.24, 2.45) is 0 Å². The van der Waals surface area contributed by atoms with Gasteiger partial charge in [0.2, 0.25) is 5.95 Å². The second-order valence-electron chi connectivity index (χ2n) is 6.48. The second-order valence-corrected chi connectivity index (χ2v) is 6.48. The minimum atomic E-state index is 0.708. The number of rotatable bonds is 5. The van der Waals surface area contributed by atoms with Crippen molar-refractivity contribution in [3.8, 4) is 5.75 Å². The van der Waals surface area contributed by atoms with Gasteiger partial charge in [0.1, 0.15) is 17.2 Å². The van der Waals surface area contributed by atoms with Crippen LogP contribution in [0.1, 0.15) is 24.1 Å². The fraction of sp³-hybridized carbons (Fsp3) is 0.368. The molecule has 1 aliphatic heterocycles. The van der Waals surface area contributed by atoms with Gasteiger partial charge in [-0.2, -0.15) is 9.97 Å². The lowest BCUT2D eigenvalue weighted by atomic mass is 10.2. The van der Waals surface area contributed by atoms with E-state index in [1.165, 1.54) is 18.4 Å². The predicted molar refractivity (Wildman–Crippen MR) is 100 cm³/mol. The molecule has 1 aromatic carbocycles. The molecule has 2 N–H and O–H groups in total. The van der Waals surface area contributed by atoms with Crippen molar-refractivity contribution in [3.63, 3.8) is 0 Å². The minimum Gasteiger partial charge on any atom is -0.497 e. The number of aryl methyl sites for hydroxylation is 1. The fourth-order valence-corrected chi connectivity index (χ4v) is 3.25. The molecule has 1 saturated heterocycles. The molecule has 1 fully saturated rings. The number of hydrogen-bond donors (Lipinski definition) is 2. The molecule has 2 aromatic heterocycles. The lowest BCUT2D eigenvalue weighted by Crippen LogP contribution is -2.21. The maximum absolute atomic E-state index is 5.21. The molecule has 0 radical (unpaired) electrons. The molecular weight excluding hydrogens is 314 g/mol. The number of H-pyrrole nitrogens is 1. The molecule has 0 spiro atoms. The first-order valence-corrected chi connectivity index (χ1v) is 8.72. The summed E-state index contributed by atoms with van der Waals surface area (Å²) in [5, 5.41) is 4.52. The molecule has 3 aromatic rings. The molecule has 0 bridgehead atoms. The highest BCUT2D eigenvalue weighted by Gasteiger charge is 2.18. The molecule has 0 saturated carbocycles. The highest BCUT2D eigenvalue weighted by molar-refractivity contribution is 5.89. The van der Waals surface area contributed by atoms with Crippen LogP contribution in [0.4, 0.5) is 11.8 Å². The lowest BCUT2D eigenvalue weighted by Gasteiger charge is -2.16. The molecule has 0 unspecified atom stereocenters. The molecule has 6 heteroatoms. The predicted octanol–water partition coefficient (Wildman–Crippen LogP) is 3.49. The Morgan fingerprint density at radius 3 is 2.64 bits per heavy atom. The third kappa shape index (κ3) is 3.24. The molecule has 1 aliphatic rings. The molecule has 130 valence electrons. The van der Waals surface area contributed by atoms with Gasteiger partial charge in [-0.3, -0.25) is 0 Å². The molecule has 25 heavy (non-hydrogen) atoms. The summed E-state index contributed by atoms with van der Waals surface area (Å²) >= 11 is 0. The summed E-state index contributed by atoms with van der Waals surface area (Å²) in [4.78, 5) is 15.1. The number of benzene rings is 1. The van der Waals surface area contributed by atoms with Crippen LogP contribution in [0.25, 0.3) is 11.0 Å². The average Bonchev–Trinajstić information content (AvgIpc) is 3.28. The number of aromatic amines is 1. The number of anilines is 2. The minimum absolute atomic E-state index is 0.708. The van der Waals surface area contributed by atoms with Crippen molar-refractivity contribution in [1.82, 2.24) is 15.0 Å². The second kappa shape index (κ2) is 6.63. The van der Waals surface area contributed by atoms with Gasteiger partial charge in [0.05, 0.1) is 12.5 Å². The average molecular weight is 337 g/mol. The molecule has 4 rings (SSSR count). The summed E-state index contributed by atoms with van der Waals surface area (Å²) in [5.41, 5.74) is 3.17. The summed E-state index contributed by atoms with van der Waals surface area (Å²) in [6, 6.07) is 10.2. The monoisotopic (exact) mass is 337 g/mol. The van der Waals surface area contributed by atoms with Gasteiger partial charge in [-0.25, -0.2) is 0 Å². The number of methoxy groups -OCH3 is 1. The third-order valence-electron chi connectivity index (χ3n) is 4.62. The van der Waals surface area contributed by atoms with Crippen LogP contribution in [0.5, 0.6) is 5.75 Å². The third-order valence-corrected chi connectivity index (χ3v) is 4.62. The van der Waals surface area contributed by atoms with Gasteiger partial charge in [0.15, 0.2) is 0 Å². The fourth-order valence-electron chi connectivity index (χ4n) is 3.25. The van der Waals surface area contributed by atoms with Crippen LogP contribution in [0, 0.1) is 6.92 Å². The summed E-state index contributed by atoms with van der Waals surface area (Å²) in [5.74, 6) is 2.56. The normalized spacial score (nSPS) is 14.2. The summed E-state index contributed by atoms with van der Waals surface area (Å²) in [6.45, 7) is 4.82. The number of nitrogens with zero attached hydrogens (tertiary/aromatic N) is 3. The van der Waals surface area contributed by atoms with Crippen LogP contribution >= 0.6 is 0 Å². The van der Waals surface area contributed by atoms with Crippen LogP contribution < -0.4 is 15.0 Å². The van der Waals surface area contributed by atoms with Gasteiger partial charge < -0.3 is 19.9 Å². The van der Waals surface area contributed by atoms with Crippen molar-refractivity contribution < 1.29 is 4.74 Å². The molecular formula is C19H23N5O. The van der Waals surface area contributed by atoms with E-state index in [1.807, 2.05) is 19.1 Å². The molecule has 6 nitrogen and oxygen atoms in total. The molecule has 0 amide bonds. The van der Waals surface area contributed by atoms with E-state index in [-0.39, 0.29) is 0 Å². The van der Waals surface area contributed by atoms with Crippen molar-refractivity contribution in [1.29, 1.82) is 0 Å². The van der Waals surface area contributed by atoms with Gasteiger partial charge in [-0.1, -0.05) is 12.1 Å². The lowest BCUT2D eigenvalue weighted by molar-refractivity contribution is 0.414. The SMILES string of the molecule is COc1ccc(CNc2nc(N3CCCC3)nc3[nH]c(C)cc23)cc1. The van der Waals surface area contributed by atoms with E-state index in [9.17, 15) is 0 Å². The maximum Gasteiger partial charge on any atom is 0.229 e. The van der Waals surface area contributed by atoms with Gasteiger partial charge in [0, 0.05) is 25.3 Å². The number of hydrogen-bond acceptors (Lipinski definition) is 5. The van der Waals surface area contributed by atoms with E-state index in [0.717, 1.165) is 47.3 Å². The van der Waals surface area contributed by atoms with Crippen LogP contribution in [-0.4, -0.2) is 35.2 Å². The zero-order valence-electron chi connectivity index (χ0n) is 14.7. The topological polar surface area (TPSA) is 66.1 Å². The summed E-state index contributed by atoms with van der Waals surface area (Å²) in [6.07, 6.45) is 2.42. The summed E-state index contributed by atoms with van der Waals surface area (Å²) < 4.78 is 5.21. The first-order valence-electron chi connectivity index (χ1n) is 8.72. The standard InChI is InChI=1S/C19H23N5O/c1-13-11-16-17(20-12-14-5-7-15(25-2)8-6-14)22-19(23-18(16)21-13)24-9-3-4-10-24/h5-8,11H,3-4,9-10,12H2,1-2H3,(H2,20,21,22,23). The van der Waals surface area contributed by atoms with Crippen molar-refractivity contribution in [3.05, 3.63) is 41.6 Å². The van der Waals surface area contributed by atoms with Gasteiger partial charge in [-0.05, 0) is 43.5 Å². The van der Waals surface area contributed by atoms with Crippen molar-refractivity contribution in [2.45, 2.75) is 26.3 Å². The van der Waals surface area contributed by atoms with Gasteiger partial charge in [-0.15, -0.1) is 0 Å². The largest absolute Gasteiger partial charge is 0.497 e. The summed E-state index contributed by atoms with van der Waals surface area (Å²) in [7, 11) is 1.68. The van der Waals surface area contributed by atoms with E-state index < -0.39 is 0 Å². The first-order chi connectivity index (χ1) is 12.2. The maximum atomic E-state index is 5.21. The van der Waals surface area contributed by atoms with E-state index in [1.54, 1.807) is 7.11 Å². The Balaban J connectivity index is 1.62. The number of fused-ring (bicyclic) bond motifs is 1. The zero-order valence-corrected chi connectivity index (χ0v) is 14.7. The van der Waals surface area contributed by atoms with Crippen LogP contribution in [-0.2, 0) is 6.54 Å². The molecule has 3 heterocycles. The van der Waals surface area contributed by atoms with Crippen molar-refractivity contribution >= 4 is 22.8 Å². The van der Waals surface area contributed by atoms with Crippen LogP contribution in [0.15, 0.2) is 30.3 Å². The Morgan fingerprint density at radius 1 is 1.16 bits per heavy atom. The van der Waals surface area contributed by atoms with Gasteiger partial charge >= 0.3 is 0 Å². The Kier molecular flexibility index (Phi) is 4.17. The van der Waals surface area contributed by atoms with Crippen LogP contribution in [0.3, 0.4) is 0 Å².